The van der Waals surface area contributed by atoms with Crippen molar-refractivity contribution in [2.45, 2.75) is 13.5 Å². The van der Waals surface area contributed by atoms with Gasteiger partial charge < -0.3 is 24.6 Å². The van der Waals surface area contributed by atoms with E-state index in [0.29, 0.717) is 51.0 Å². The van der Waals surface area contributed by atoms with Gasteiger partial charge in [0.25, 0.3) is 0 Å². The average molecular weight is 415 g/mol. The van der Waals surface area contributed by atoms with E-state index in [0.717, 1.165) is 11.5 Å². The van der Waals surface area contributed by atoms with Crippen molar-refractivity contribution in [2.24, 2.45) is 4.99 Å². The number of aliphatic imine (C=N–C) groups is 1. The van der Waals surface area contributed by atoms with Crippen molar-refractivity contribution in [3.05, 3.63) is 54.0 Å². The first-order valence-corrected chi connectivity index (χ1v) is 9.84. The summed E-state index contributed by atoms with van der Waals surface area (Å²) in [7, 11) is 1.73. The van der Waals surface area contributed by atoms with Gasteiger partial charge in [-0.1, -0.05) is 0 Å². The van der Waals surface area contributed by atoms with Gasteiger partial charge in [0.05, 0.1) is 6.61 Å². The van der Waals surface area contributed by atoms with Crippen LogP contribution in [0.2, 0.25) is 0 Å². The fraction of sp³-hybridized carbons (Fsp3) is 0.381. The maximum Gasteiger partial charge on any atom is 0.409 e. The van der Waals surface area contributed by atoms with Crippen LogP contribution in [-0.2, 0) is 11.3 Å². The summed E-state index contributed by atoms with van der Waals surface area (Å²) < 4.78 is 23.8. The molecule has 30 heavy (non-hydrogen) atoms. The molecule has 2 aromatic rings. The Bertz CT molecular complexity index is 867. The van der Waals surface area contributed by atoms with Gasteiger partial charge in [-0.3, -0.25) is 4.99 Å². The Morgan fingerprint density at radius 2 is 1.87 bits per heavy atom. The highest BCUT2D eigenvalue weighted by atomic mass is 19.1. The Morgan fingerprint density at radius 3 is 2.53 bits per heavy atom. The molecule has 0 atom stereocenters. The van der Waals surface area contributed by atoms with Crippen molar-refractivity contribution in [1.29, 1.82) is 0 Å². The van der Waals surface area contributed by atoms with E-state index < -0.39 is 0 Å². The van der Waals surface area contributed by atoms with E-state index in [-0.39, 0.29) is 11.9 Å². The second-order valence-corrected chi connectivity index (χ2v) is 6.63. The molecular formula is C21H26FN5O3. The predicted octanol–water partition coefficient (Wildman–Crippen LogP) is 2.86. The maximum absolute atomic E-state index is 13.0. The number of nitrogens with one attached hydrogen (secondary N) is 1. The third-order valence-electron chi connectivity index (χ3n) is 4.60. The SMILES string of the molecule is CCOC(=O)N1CCN(C(=NC)NCc2ccnc(Oc3ccc(F)cc3)c2)CC1. The minimum atomic E-state index is -0.317. The van der Waals surface area contributed by atoms with Crippen molar-refractivity contribution < 1.29 is 18.7 Å². The molecule has 0 spiro atoms. The predicted molar refractivity (Wildman–Crippen MR) is 111 cm³/mol. The van der Waals surface area contributed by atoms with Crippen LogP contribution in [0, 0.1) is 5.82 Å². The number of amides is 1. The Labute approximate surface area is 175 Å². The molecule has 1 aliphatic rings. The summed E-state index contributed by atoms with van der Waals surface area (Å²) >= 11 is 0. The van der Waals surface area contributed by atoms with Crippen LogP contribution >= 0.6 is 0 Å². The number of guanidine groups is 1. The van der Waals surface area contributed by atoms with E-state index in [1.165, 1.54) is 12.1 Å². The van der Waals surface area contributed by atoms with Crippen LogP contribution in [0.3, 0.4) is 0 Å². The monoisotopic (exact) mass is 415 g/mol. The number of nitrogens with zero attached hydrogens (tertiary/aromatic N) is 4. The summed E-state index contributed by atoms with van der Waals surface area (Å²) in [6.07, 6.45) is 1.39. The lowest BCUT2D eigenvalue weighted by molar-refractivity contribution is 0.0914. The van der Waals surface area contributed by atoms with Gasteiger partial charge in [-0.15, -0.1) is 0 Å². The highest BCUT2D eigenvalue weighted by Crippen LogP contribution is 2.20. The molecule has 1 amide bonds. The van der Waals surface area contributed by atoms with Gasteiger partial charge in [0.1, 0.15) is 11.6 Å². The normalized spacial score (nSPS) is 14.4. The van der Waals surface area contributed by atoms with Crippen LogP contribution in [0.4, 0.5) is 9.18 Å². The van der Waals surface area contributed by atoms with Gasteiger partial charge in [-0.25, -0.2) is 14.2 Å². The summed E-state index contributed by atoms with van der Waals surface area (Å²) in [6, 6.07) is 9.50. The summed E-state index contributed by atoms with van der Waals surface area (Å²) in [6.45, 7) is 5.24. The number of hydrogen-bond donors (Lipinski definition) is 1. The molecule has 0 saturated carbocycles. The number of carbonyl (C=O) groups excluding carboxylic acids is 1. The number of benzene rings is 1. The number of piperazine rings is 1. The van der Waals surface area contributed by atoms with Crippen molar-refractivity contribution in [3.63, 3.8) is 0 Å². The standard InChI is InChI=1S/C21H26FN5O3/c1-3-29-21(28)27-12-10-26(11-13-27)20(23-2)25-15-16-8-9-24-19(14-16)30-18-6-4-17(22)5-7-18/h4-9,14H,3,10-13,15H2,1-2H3,(H,23,25). The largest absolute Gasteiger partial charge is 0.450 e. The molecule has 1 saturated heterocycles. The Balaban J connectivity index is 1.53. The molecular weight excluding hydrogens is 389 g/mol. The van der Waals surface area contributed by atoms with E-state index in [1.54, 1.807) is 37.2 Å². The molecule has 1 N–H and O–H groups in total. The first-order valence-electron chi connectivity index (χ1n) is 9.84. The van der Waals surface area contributed by atoms with E-state index in [1.807, 2.05) is 12.1 Å². The summed E-state index contributed by atoms with van der Waals surface area (Å²) in [5.74, 6) is 1.39. The minimum Gasteiger partial charge on any atom is -0.450 e. The topological polar surface area (TPSA) is 79.3 Å². The molecule has 2 heterocycles. The Kier molecular flexibility index (Phi) is 7.42. The summed E-state index contributed by atoms with van der Waals surface area (Å²) in [5, 5.41) is 3.33. The fourth-order valence-electron chi connectivity index (χ4n) is 3.07. The number of rotatable bonds is 5. The molecule has 9 heteroatoms. The zero-order valence-corrected chi connectivity index (χ0v) is 17.2. The third-order valence-corrected chi connectivity index (χ3v) is 4.60. The second-order valence-electron chi connectivity index (χ2n) is 6.63. The van der Waals surface area contributed by atoms with E-state index in [2.05, 4.69) is 20.2 Å². The number of pyridine rings is 1. The molecule has 0 aliphatic carbocycles. The first-order chi connectivity index (χ1) is 14.6. The average Bonchev–Trinajstić information content (AvgIpc) is 2.77. The lowest BCUT2D eigenvalue weighted by atomic mass is 10.2. The summed E-state index contributed by atoms with van der Waals surface area (Å²) in [5.41, 5.74) is 0.966. The first kappa shape index (κ1) is 21.4. The van der Waals surface area contributed by atoms with Crippen molar-refractivity contribution >= 4 is 12.1 Å². The van der Waals surface area contributed by atoms with Crippen molar-refractivity contribution in [2.75, 3.05) is 39.8 Å². The molecule has 0 bridgehead atoms. The zero-order chi connectivity index (χ0) is 21.3. The molecule has 1 aliphatic heterocycles. The highest BCUT2D eigenvalue weighted by Gasteiger charge is 2.23. The van der Waals surface area contributed by atoms with Gasteiger partial charge in [-0.2, -0.15) is 0 Å². The molecule has 8 nitrogen and oxygen atoms in total. The minimum absolute atomic E-state index is 0.273. The van der Waals surface area contributed by atoms with Gasteiger partial charge in [0, 0.05) is 52.0 Å². The smallest absolute Gasteiger partial charge is 0.409 e. The second kappa shape index (κ2) is 10.4. The van der Waals surface area contributed by atoms with E-state index in [4.69, 9.17) is 9.47 Å². The zero-order valence-electron chi connectivity index (χ0n) is 17.2. The molecule has 1 aromatic carbocycles. The molecule has 0 radical (unpaired) electrons. The Morgan fingerprint density at radius 1 is 1.17 bits per heavy atom. The third kappa shape index (κ3) is 5.82. The number of ether oxygens (including phenoxy) is 2. The van der Waals surface area contributed by atoms with Gasteiger partial charge in [0.2, 0.25) is 5.88 Å². The molecule has 1 aromatic heterocycles. The van der Waals surface area contributed by atoms with Gasteiger partial charge >= 0.3 is 6.09 Å². The highest BCUT2D eigenvalue weighted by molar-refractivity contribution is 5.80. The van der Waals surface area contributed by atoms with Crippen LogP contribution in [0.15, 0.2) is 47.6 Å². The number of hydrogen-bond acceptors (Lipinski definition) is 5. The fourth-order valence-corrected chi connectivity index (χ4v) is 3.07. The van der Waals surface area contributed by atoms with Crippen LogP contribution in [0.25, 0.3) is 0 Å². The van der Waals surface area contributed by atoms with Gasteiger partial charge in [-0.05, 0) is 42.8 Å². The van der Waals surface area contributed by atoms with Crippen LogP contribution in [0.1, 0.15) is 12.5 Å². The number of carbonyl (C=O) groups is 1. The van der Waals surface area contributed by atoms with E-state index >= 15 is 0 Å². The molecule has 3 rings (SSSR count). The van der Waals surface area contributed by atoms with Crippen molar-refractivity contribution in [1.82, 2.24) is 20.1 Å². The van der Waals surface area contributed by atoms with Crippen LogP contribution in [-0.4, -0.2) is 66.7 Å². The van der Waals surface area contributed by atoms with Gasteiger partial charge in [0.15, 0.2) is 5.96 Å². The lowest BCUT2D eigenvalue weighted by Gasteiger charge is -2.35. The van der Waals surface area contributed by atoms with E-state index in [9.17, 15) is 9.18 Å². The molecule has 160 valence electrons. The summed E-state index contributed by atoms with van der Waals surface area (Å²) in [4.78, 5) is 24.2. The van der Waals surface area contributed by atoms with Crippen LogP contribution < -0.4 is 10.1 Å². The molecule has 1 fully saturated rings. The lowest BCUT2D eigenvalue weighted by Crippen LogP contribution is -2.53. The Hall–Kier alpha value is -3.36. The number of halogens is 1. The maximum atomic E-state index is 13.0. The number of aromatic nitrogens is 1. The van der Waals surface area contributed by atoms with Crippen LogP contribution in [0.5, 0.6) is 11.6 Å². The molecule has 0 unspecified atom stereocenters. The quantitative estimate of drug-likeness (QED) is 0.598. The van der Waals surface area contributed by atoms with Crippen molar-refractivity contribution in [3.8, 4) is 11.6 Å².